The largest absolute Gasteiger partial charge is 0.504 e. The highest BCUT2D eigenvalue weighted by molar-refractivity contribution is 5.91. The number of phenols is 6. The lowest BCUT2D eigenvalue weighted by Gasteiger charge is -2.72. The fraction of sp³-hybridized carbons (Fsp3) is 0.636. The van der Waals surface area contributed by atoms with Crippen LogP contribution in [0.1, 0.15) is 114 Å². The van der Waals surface area contributed by atoms with Crippen LogP contribution in [-0.4, -0.2) is 88.9 Å². The molecule has 13 nitrogen and oxygen atoms in total. The molecule has 57 heavy (non-hydrogen) atoms. The molecule has 0 radical (unpaired) electrons. The summed E-state index contributed by atoms with van der Waals surface area (Å²) in [7, 11) is 0. The number of hydrogen-bond donors (Lipinski definition) is 9. The number of aliphatic hydroxyl groups excluding tert-OH is 3. The van der Waals surface area contributed by atoms with Crippen LogP contribution in [-0.2, 0) is 9.47 Å². The first-order valence-corrected chi connectivity index (χ1v) is 20.0. The summed E-state index contributed by atoms with van der Waals surface area (Å²) in [6, 6.07) is 4.08. The molecule has 0 saturated heterocycles. The monoisotopic (exact) mass is 794 g/mol. The van der Waals surface area contributed by atoms with Crippen molar-refractivity contribution >= 4 is 11.9 Å². The van der Waals surface area contributed by atoms with Gasteiger partial charge in [0, 0.05) is 5.41 Å². The molecule has 2 aromatic carbocycles. The molecule has 0 spiro atoms. The number of phenolic OH excluding ortho intramolecular Hbond substituents is 6. The van der Waals surface area contributed by atoms with Crippen LogP contribution in [0.5, 0.6) is 34.5 Å². The van der Waals surface area contributed by atoms with E-state index in [1.54, 1.807) is 0 Å². The van der Waals surface area contributed by atoms with Gasteiger partial charge in [-0.15, -0.1) is 0 Å². The fourth-order valence-electron chi connectivity index (χ4n) is 13.0. The summed E-state index contributed by atoms with van der Waals surface area (Å²) in [5, 5.41) is 95.8. The molecule has 4 fully saturated rings. The maximum absolute atomic E-state index is 13.4. The van der Waals surface area contributed by atoms with E-state index < -0.39 is 105 Å². The molecular weight excluding hydrogens is 736 g/mol. The van der Waals surface area contributed by atoms with Crippen LogP contribution in [0, 0.1) is 50.2 Å². The molecule has 0 aromatic heterocycles. The average molecular weight is 795 g/mol. The van der Waals surface area contributed by atoms with E-state index in [0.717, 1.165) is 49.1 Å². The van der Waals surface area contributed by atoms with Crippen LogP contribution < -0.4 is 0 Å². The predicted octanol–water partition coefficient (Wildman–Crippen LogP) is 6.02. The minimum absolute atomic E-state index is 0.0646. The summed E-state index contributed by atoms with van der Waals surface area (Å²) in [6.07, 6.45) is 2.22. The van der Waals surface area contributed by atoms with E-state index in [1.807, 2.05) is 13.8 Å². The Bertz CT molecular complexity index is 1980. The lowest BCUT2D eigenvalue weighted by atomic mass is 9.33. The Hall–Kier alpha value is -4.20. The second kappa shape index (κ2) is 13.2. The molecule has 7 rings (SSSR count). The zero-order valence-corrected chi connectivity index (χ0v) is 33.7. The van der Waals surface area contributed by atoms with Crippen LogP contribution in [0.2, 0.25) is 0 Å². The lowest BCUT2D eigenvalue weighted by molar-refractivity contribution is -0.256. The highest BCUT2D eigenvalue weighted by Crippen LogP contribution is 2.76. The number of hydrogen-bond acceptors (Lipinski definition) is 13. The van der Waals surface area contributed by atoms with Gasteiger partial charge in [-0.3, -0.25) is 0 Å². The van der Waals surface area contributed by atoms with Gasteiger partial charge < -0.3 is 55.4 Å². The van der Waals surface area contributed by atoms with Gasteiger partial charge in [0.05, 0.1) is 34.9 Å². The summed E-state index contributed by atoms with van der Waals surface area (Å²) in [5.74, 6) is -5.98. The smallest absolute Gasteiger partial charge is 0.338 e. The Balaban J connectivity index is 1.20. The van der Waals surface area contributed by atoms with Crippen molar-refractivity contribution in [2.75, 3.05) is 6.61 Å². The molecule has 13 heteroatoms. The van der Waals surface area contributed by atoms with Crippen LogP contribution in [0.4, 0.5) is 0 Å². The Morgan fingerprint density at radius 3 is 1.81 bits per heavy atom. The highest BCUT2D eigenvalue weighted by atomic mass is 16.5. The van der Waals surface area contributed by atoms with Gasteiger partial charge in [-0.2, -0.15) is 0 Å². The third kappa shape index (κ3) is 5.72. The Morgan fingerprint density at radius 1 is 0.702 bits per heavy atom. The number of carbonyl (C=O) groups is 2. The van der Waals surface area contributed by atoms with Crippen molar-refractivity contribution in [3.63, 3.8) is 0 Å². The van der Waals surface area contributed by atoms with Crippen molar-refractivity contribution < 1.29 is 65.0 Å². The van der Waals surface area contributed by atoms with E-state index in [1.165, 1.54) is 0 Å². The first kappa shape index (κ1) is 41.0. The minimum atomic E-state index is -1.48. The van der Waals surface area contributed by atoms with Crippen LogP contribution in [0.25, 0.3) is 0 Å². The van der Waals surface area contributed by atoms with Gasteiger partial charge in [0.15, 0.2) is 34.5 Å². The van der Waals surface area contributed by atoms with Crippen molar-refractivity contribution in [3.8, 4) is 34.5 Å². The first-order chi connectivity index (χ1) is 26.4. The normalized spacial score (nSPS) is 39.0. The number of rotatable bonds is 5. The molecule has 4 saturated carbocycles. The standard InChI is InChI=1S/C44H58O13/c1-39(2)18-24-23-8-9-30-41(5)12-11-32(57-38(55)22-16-27(47)34(51)28(48)17-22)40(3,4)29(41)10-13-42(30,6)43(23,7)19-31(49)44(24,36(53)35(39)52)20-56-37(54)21-14-25(45)33(50)26(46)15-21/h8,14-17,24,29-32,35-36,45-53H,9-13,18-20H2,1-7H3/t24-,29?,30?,31-,32-,35?,36-,41-,42+,43+,44-/m0/s1. The Labute approximate surface area is 332 Å². The maximum atomic E-state index is 13.4. The van der Waals surface area contributed by atoms with Crippen molar-refractivity contribution in [2.24, 2.45) is 50.2 Å². The number of ether oxygens (including phenoxy) is 2. The lowest BCUT2D eigenvalue weighted by Crippen LogP contribution is -2.71. The number of carbonyl (C=O) groups excluding carboxylic acids is 2. The highest BCUT2D eigenvalue weighted by Gasteiger charge is 2.72. The molecule has 0 aliphatic heterocycles. The second-order valence-corrected chi connectivity index (χ2v) is 19.8. The van der Waals surface area contributed by atoms with Crippen molar-refractivity contribution in [1.29, 1.82) is 0 Å². The summed E-state index contributed by atoms with van der Waals surface area (Å²) in [6.45, 7) is 14.5. The molecule has 0 amide bonds. The zero-order chi connectivity index (χ0) is 42.0. The van der Waals surface area contributed by atoms with Gasteiger partial charge in [-0.1, -0.05) is 60.1 Å². The number of fused-ring (bicyclic) bond motifs is 7. The van der Waals surface area contributed by atoms with Gasteiger partial charge in [-0.05, 0) is 109 Å². The summed E-state index contributed by atoms with van der Waals surface area (Å²) in [4.78, 5) is 26.7. The van der Waals surface area contributed by atoms with Crippen molar-refractivity contribution in [1.82, 2.24) is 0 Å². The van der Waals surface area contributed by atoms with Crippen LogP contribution in [0.3, 0.4) is 0 Å². The van der Waals surface area contributed by atoms with E-state index in [-0.39, 0.29) is 40.2 Å². The number of allylic oxidation sites excluding steroid dienone is 2. The molecule has 5 aliphatic carbocycles. The summed E-state index contributed by atoms with van der Waals surface area (Å²) >= 11 is 0. The average Bonchev–Trinajstić information content (AvgIpc) is 3.12. The van der Waals surface area contributed by atoms with E-state index >= 15 is 0 Å². The van der Waals surface area contributed by atoms with Gasteiger partial charge in [-0.25, -0.2) is 9.59 Å². The Morgan fingerprint density at radius 2 is 1.25 bits per heavy atom. The van der Waals surface area contributed by atoms with Gasteiger partial charge >= 0.3 is 11.9 Å². The first-order valence-electron chi connectivity index (χ1n) is 20.0. The SMILES string of the molecule is CC1(C)C[C@H]2C3=CCC4[C@@]5(C)CC[C@H](OC(=O)c6cc(O)c(O)c(O)c6)C(C)(C)C5CC[C@@]4(C)[C@]3(C)C[C@H](O)[C@@]2(COC(=O)c2cc(O)c(O)c(O)c2)[C@@H](O)C1O. The van der Waals surface area contributed by atoms with E-state index in [0.29, 0.717) is 19.3 Å². The Kier molecular flexibility index (Phi) is 9.46. The number of esters is 2. The van der Waals surface area contributed by atoms with Crippen molar-refractivity contribution in [2.45, 2.75) is 118 Å². The van der Waals surface area contributed by atoms with E-state index in [9.17, 15) is 55.5 Å². The van der Waals surface area contributed by atoms with E-state index in [4.69, 9.17) is 9.47 Å². The quantitative estimate of drug-likeness (QED) is 0.0959. The molecule has 5 aliphatic rings. The summed E-state index contributed by atoms with van der Waals surface area (Å²) < 4.78 is 11.9. The zero-order valence-electron chi connectivity index (χ0n) is 33.7. The van der Waals surface area contributed by atoms with Gasteiger partial charge in [0.1, 0.15) is 12.7 Å². The molecule has 0 heterocycles. The molecule has 2 aromatic rings. The molecule has 0 bridgehead atoms. The minimum Gasteiger partial charge on any atom is -0.504 e. The van der Waals surface area contributed by atoms with Crippen LogP contribution in [0.15, 0.2) is 35.9 Å². The molecule has 312 valence electrons. The van der Waals surface area contributed by atoms with Crippen molar-refractivity contribution in [3.05, 3.63) is 47.0 Å². The number of benzene rings is 2. The molecule has 3 unspecified atom stereocenters. The molecule has 11 atom stereocenters. The number of aromatic hydroxyl groups is 6. The topological polar surface area (TPSA) is 235 Å². The maximum Gasteiger partial charge on any atom is 0.338 e. The number of aliphatic hydroxyl groups is 3. The van der Waals surface area contributed by atoms with Crippen LogP contribution >= 0.6 is 0 Å². The summed E-state index contributed by atoms with van der Waals surface area (Å²) in [5.41, 5.74) is -2.99. The van der Waals surface area contributed by atoms with E-state index in [2.05, 4.69) is 40.7 Å². The fourth-order valence-corrected chi connectivity index (χ4v) is 13.0. The molecule has 9 N–H and O–H groups in total. The molecular formula is C44H58O13. The third-order valence-corrected chi connectivity index (χ3v) is 16.4. The predicted molar refractivity (Wildman–Crippen MR) is 206 cm³/mol. The third-order valence-electron chi connectivity index (χ3n) is 16.4. The second-order valence-electron chi connectivity index (χ2n) is 19.8. The van der Waals surface area contributed by atoms with Gasteiger partial charge in [0.25, 0.3) is 0 Å². The van der Waals surface area contributed by atoms with Gasteiger partial charge in [0.2, 0.25) is 0 Å².